The maximum atomic E-state index is 13.2. The van der Waals surface area contributed by atoms with Gasteiger partial charge < -0.3 is 14.7 Å². The van der Waals surface area contributed by atoms with Crippen LogP contribution in [0.15, 0.2) is 48.5 Å². The van der Waals surface area contributed by atoms with Gasteiger partial charge in [0.2, 0.25) is 0 Å². The molecule has 136 valence electrons. The lowest BCUT2D eigenvalue weighted by atomic mass is 9.79. The van der Waals surface area contributed by atoms with E-state index in [1.807, 2.05) is 26.0 Å². The fourth-order valence-electron chi connectivity index (χ4n) is 3.65. The number of rotatable bonds is 5. The van der Waals surface area contributed by atoms with Crippen LogP contribution in [0.5, 0.6) is 5.75 Å². The number of ether oxygens (including phenoxy) is 1. The molecule has 0 spiro atoms. The Hall–Kier alpha value is -2.82. The molecule has 0 aromatic heterocycles. The van der Waals surface area contributed by atoms with Crippen molar-refractivity contribution in [1.29, 1.82) is 0 Å². The number of benzene rings is 2. The minimum atomic E-state index is -0.931. The number of carbonyl (C=O) groups excluding carboxylic acids is 1. The van der Waals surface area contributed by atoms with Gasteiger partial charge in [-0.05, 0) is 42.7 Å². The summed E-state index contributed by atoms with van der Waals surface area (Å²) in [6, 6.07) is 13.7. The Bertz CT molecular complexity index is 815. The second-order valence-electron chi connectivity index (χ2n) is 6.59. The predicted octanol–water partition coefficient (Wildman–Crippen LogP) is 3.86. The summed E-state index contributed by atoms with van der Waals surface area (Å²) in [6.07, 6.45) is 0.743. The number of aliphatic carboxylic acids is 1. The van der Waals surface area contributed by atoms with Crippen LogP contribution >= 0.6 is 0 Å². The number of amides is 1. The van der Waals surface area contributed by atoms with Gasteiger partial charge >= 0.3 is 5.97 Å². The third kappa shape index (κ3) is 2.94. The molecular formula is C21H23NO4. The average Bonchev–Trinajstić information content (AvgIpc) is 2.67. The van der Waals surface area contributed by atoms with Crippen molar-refractivity contribution in [2.75, 3.05) is 7.11 Å². The molecule has 5 heteroatoms. The first-order chi connectivity index (χ1) is 12.5. The van der Waals surface area contributed by atoms with E-state index < -0.39 is 17.9 Å². The van der Waals surface area contributed by atoms with E-state index in [0.29, 0.717) is 16.9 Å². The zero-order valence-electron chi connectivity index (χ0n) is 15.2. The second-order valence-corrected chi connectivity index (χ2v) is 6.59. The van der Waals surface area contributed by atoms with Crippen LogP contribution in [0.3, 0.4) is 0 Å². The lowest BCUT2D eigenvalue weighted by Gasteiger charge is -2.44. The molecule has 3 rings (SSSR count). The Morgan fingerprint density at radius 3 is 2.42 bits per heavy atom. The molecule has 2 aromatic rings. The molecule has 1 heterocycles. The van der Waals surface area contributed by atoms with Crippen LogP contribution in [0, 0.1) is 0 Å². The first-order valence-electron chi connectivity index (χ1n) is 8.78. The standard InChI is InChI=1S/C21H23NO4/c1-4-13(2)22-19(14-9-11-15(26-3)12-10-14)18(21(24)25)16-7-5-6-8-17(16)20(22)23/h5-13,18-19H,4H2,1-3H3,(H,24,25)/t13-,18+,19+/m1/s1. The van der Waals surface area contributed by atoms with Crippen molar-refractivity contribution in [3.05, 3.63) is 65.2 Å². The summed E-state index contributed by atoms with van der Waals surface area (Å²) < 4.78 is 5.21. The quantitative estimate of drug-likeness (QED) is 0.886. The fourth-order valence-corrected chi connectivity index (χ4v) is 3.65. The van der Waals surface area contributed by atoms with E-state index in [0.717, 1.165) is 12.0 Å². The summed E-state index contributed by atoms with van der Waals surface area (Å²) in [5.74, 6) is -1.17. The Labute approximate surface area is 153 Å². The molecule has 1 amide bonds. The molecule has 0 unspecified atom stereocenters. The Balaban J connectivity index is 2.21. The second kappa shape index (κ2) is 7.20. The van der Waals surface area contributed by atoms with E-state index in [4.69, 9.17) is 4.74 Å². The largest absolute Gasteiger partial charge is 0.497 e. The first kappa shape index (κ1) is 18.0. The normalized spacial score (nSPS) is 20.4. The van der Waals surface area contributed by atoms with Gasteiger partial charge in [0.05, 0.1) is 13.2 Å². The maximum Gasteiger partial charge on any atom is 0.313 e. The molecule has 0 saturated carbocycles. The maximum absolute atomic E-state index is 13.2. The van der Waals surface area contributed by atoms with Crippen molar-refractivity contribution in [2.24, 2.45) is 0 Å². The first-order valence-corrected chi connectivity index (χ1v) is 8.78. The molecule has 2 aromatic carbocycles. The lowest BCUT2D eigenvalue weighted by Crippen LogP contribution is -2.48. The van der Waals surface area contributed by atoms with Crippen LogP contribution in [0.4, 0.5) is 0 Å². The number of hydrogen-bond acceptors (Lipinski definition) is 3. The van der Waals surface area contributed by atoms with Crippen LogP contribution in [-0.2, 0) is 4.79 Å². The molecule has 1 aliphatic rings. The number of methoxy groups -OCH3 is 1. The van der Waals surface area contributed by atoms with Crippen molar-refractivity contribution in [3.63, 3.8) is 0 Å². The van der Waals surface area contributed by atoms with Crippen LogP contribution in [0.2, 0.25) is 0 Å². The lowest BCUT2D eigenvalue weighted by molar-refractivity contribution is -0.140. The highest BCUT2D eigenvalue weighted by Crippen LogP contribution is 2.44. The number of nitrogens with zero attached hydrogens (tertiary/aromatic N) is 1. The molecular weight excluding hydrogens is 330 g/mol. The van der Waals surface area contributed by atoms with Gasteiger partial charge in [0, 0.05) is 11.6 Å². The Morgan fingerprint density at radius 1 is 1.19 bits per heavy atom. The summed E-state index contributed by atoms with van der Waals surface area (Å²) in [6.45, 7) is 3.96. The number of carbonyl (C=O) groups is 2. The highest BCUT2D eigenvalue weighted by atomic mass is 16.5. The zero-order chi connectivity index (χ0) is 18.8. The predicted molar refractivity (Wildman–Crippen MR) is 98.5 cm³/mol. The molecule has 26 heavy (non-hydrogen) atoms. The van der Waals surface area contributed by atoms with E-state index in [9.17, 15) is 14.7 Å². The number of hydrogen-bond donors (Lipinski definition) is 1. The third-order valence-electron chi connectivity index (χ3n) is 5.17. The molecule has 0 fully saturated rings. The van der Waals surface area contributed by atoms with Gasteiger partial charge in [-0.2, -0.15) is 0 Å². The summed E-state index contributed by atoms with van der Waals surface area (Å²) in [4.78, 5) is 27.1. The minimum Gasteiger partial charge on any atom is -0.497 e. The molecule has 0 saturated heterocycles. The van der Waals surface area contributed by atoms with Gasteiger partial charge in [0.1, 0.15) is 11.7 Å². The van der Waals surface area contributed by atoms with E-state index in [1.54, 1.807) is 48.4 Å². The van der Waals surface area contributed by atoms with Crippen LogP contribution in [0.1, 0.15) is 53.7 Å². The van der Waals surface area contributed by atoms with E-state index in [1.165, 1.54) is 0 Å². The number of fused-ring (bicyclic) bond motifs is 1. The molecule has 0 aliphatic carbocycles. The fraction of sp³-hybridized carbons (Fsp3) is 0.333. The zero-order valence-corrected chi connectivity index (χ0v) is 15.2. The van der Waals surface area contributed by atoms with Gasteiger partial charge in [-0.1, -0.05) is 37.3 Å². The highest BCUT2D eigenvalue weighted by molar-refractivity contribution is 6.00. The van der Waals surface area contributed by atoms with Crippen LogP contribution < -0.4 is 4.74 Å². The summed E-state index contributed by atoms with van der Waals surface area (Å²) in [5.41, 5.74) is 1.84. The van der Waals surface area contributed by atoms with Crippen molar-refractivity contribution < 1.29 is 19.4 Å². The average molecular weight is 353 g/mol. The van der Waals surface area contributed by atoms with Gasteiger partial charge in [-0.25, -0.2) is 0 Å². The smallest absolute Gasteiger partial charge is 0.313 e. The summed E-state index contributed by atoms with van der Waals surface area (Å²) >= 11 is 0. The van der Waals surface area contributed by atoms with Crippen LogP contribution in [-0.4, -0.2) is 35.0 Å². The number of carboxylic acid groups (broad SMARTS) is 1. The van der Waals surface area contributed by atoms with Gasteiger partial charge in [0.25, 0.3) is 5.91 Å². The third-order valence-corrected chi connectivity index (χ3v) is 5.17. The van der Waals surface area contributed by atoms with Crippen molar-refractivity contribution in [1.82, 2.24) is 4.90 Å². The van der Waals surface area contributed by atoms with Crippen LogP contribution in [0.25, 0.3) is 0 Å². The molecule has 0 radical (unpaired) electrons. The van der Waals surface area contributed by atoms with Crippen molar-refractivity contribution >= 4 is 11.9 Å². The topological polar surface area (TPSA) is 66.8 Å². The van der Waals surface area contributed by atoms with E-state index >= 15 is 0 Å². The summed E-state index contributed by atoms with van der Waals surface area (Å²) in [7, 11) is 1.58. The highest BCUT2D eigenvalue weighted by Gasteiger charge is 2.45. The Morgan fingerprint density at radius 2 is 1.85 bits per heavy atom. The molecule has 5 nitrogen and oxygen atoms in total. The summed E-state index contributed by atoms with van der Waals surface area (Å²) in [5, 5.41) is 10.0. The molecule has 1 aliphatic heterocycles. The monoisotopic (exact) mass is 353 g/mol. The van der Waals surface area contributed by atoms with E-state index in [-0.39, 0.29) is 11.9 Å². The van der Waals surface area contributed by atoms with Gasteiger partial charge in [-0.15, -0.1) is 0 Å². The molecule has 3 atom stereocenters. The van der Waals surface area contributed by atoms with E-state index in [2.05, 4.69) is 0 Å². The van der Waals surface area contributed by atoms with Gasteiger partial charge in [-0.3, -0.25) is 9.59 Å². The molecule has 1 N–H and O–H groups in total. The minimum absolute atomic E-state index is 0.0789. The van der Waals surface area contributed by atoms with Crippen molar-refractivity contribution in [3.8, 4) is 5.75 Å². The number of carboxylic acids is 1. The molecule has 0 bridgehead atoms. The van der Waals surface area contributed by atoms with Crippen molar-refractivity contribution in [2.45, 2.75) is 38.3 Å². The Kier molecular flexibility index (Phi) is 4.98. The SMILES string of the molecule is CC[C@@H](C)N1C(=O)c2ccccc2[C@H](C(=O)O)[C@@H]1c1ccc(OC)cc1. The van der Waals surface area contributed by atoms with Gasteiger partial charge in [0.15, 0.2) is 0 Å².